The van der Waals surface area contributed by atoms with Gasteiger partial charge in [0.15, 0.2) is 0 Å². The highest BCUT2D eigenvalue weighted by atomic mass is 16.5. The minimum Gasteiger partial charge on any atom is -0.458 e. The molecule has 0 aromatic carbocycles. The lowest BCUT2D eigenvalue weighted by molar-refractivity contribution is -0.144. The number of ether oxygens (including phenoxy) is 1. The van der Waals surface area contributed by atoms with E-state index in [0.29, 0.717) is 11.8 Å². The van der Waals surface area contributed by atoms with Crippen LogP contribution in [-0.4, -0.2) is 12.1 Å². The second kappa shape index (κ2) is 5.52. The van der Waals surface area contributed by atoms with Crippen molar-refractivity contribution in [3.8, 4) is 0 Å². The highest BCUT2D eigenvalue weighted by Gasteiger charge is 2.38. The van der Waals surface area contributed by atoms with Gasteiger partial charge in [-0.25, -0.2) is 0 Å². The Hall–Kier alpha value is -1.05. The van der Waals surface area contributed by atoms with Crippen LogP contribution in [0.3, 0.4) is 0 Å². The number of rotatable bonds is 1. The molecule has 1 fully saturated rings. The van der Waals surface area contributed by atoms with Crippen molar-refractivity contribution in [1.82, 2.24) is 0 Å². The number of hydrogen-bond donors (Lipinski definition) is 0. The van der Waals surface area contributed by atoms with Gasteiger partial charge in [-0.15, -0.1) is 0 Å². The van der Waals surface area contributed by atoms with Gasteiger partial charge in [0.1, 0.15) is 6.10 Å². The van der Waals surface area contributed by atoms with Crippen LogP contribution in [-0.2, 0) is 9.53 Å². The van der Waals surface area contributed by atoms with Crippen LogP contribution < -0.4 is 0 Å². The Balaban J connectivity index is 2.22. The van der Waals surface area contributed by atoms with Gasteiger partial charge in [0, 0.05) is 6.92 Å². The Morgan fingerprint density at radius 2 is 1.95 bits per heavy atom. The van der Waals surface area contributed by atoms with E-state index in [0.717, 1.165) is 12.3 Å². The summed E-state index contributed by atoms with van der Waals surface area (Å²) in [6, 6.07) is 0. The highest BCUT2D eigenvalue weighted by molar-refractivity contribution is 5.66. The first kappa shape index (κ1) is 14.4. The molecule has 2 nitrogen and oxygen atoms in total. The van der Waals surface area contributed by atoms with Crippen molar-refractivity contribution >= 4 is 5.97 Å². The summed E-state index contributed by atoms with van der Waals surface area (Å²) in [5.74, 6) is 1.82. The van der Waals surface area contributed by atoms with Crippen molar-refractivity contribution in [3.05, 3.63) is 22.8 Å². The third kappa shape index (κ3) is 3.10. The van der Waals surface area contributed by atoms with Gasteiger partial charge >= 0.3 is 5.97 Å². The zero-order valence-electron chi connectivity index (χ0n) is 12.8. The van der Waals surface area contributed by atoms with E-state index in [2.05, 4.69) is 33.8 Å². The molecule has 0 unspecified atom stereocenters. The summed E-state index contributed by atoms with van der Waals surface area (Å²) < 4.78 is 5.42. The molecule has 106 valence electrons. The molecule has 19 heavy (non-hydrogen) atoms. The van der Waals surface area contributed by atoms with Gasteiger partial charge in [-0.05, 0) is 63.9 Å². The van der Waals surface area contributed by atoms with E-state index < -0.39 is 0 Å². The van der Waals surface area contributed by atoms with Gasteiger partial charge in [-0.2, -0.15) is 0 Å². The third-order valence-corrected chi connectivity index (χ3v) is 4.86. The predicted molar refractivity (Wildman–Crippen MR) is 77.7 cm³/mol. The van der Waals surface area contributed by atoms with E-state index in [9.17, 15) is 4.79 Å². The minimum absolute atomic E-state index is 0.0201. The maximum atomic E-state index is 11.2. The second-order valence-electron chi connectivity index (χ2n) is 6.55. The molecule has 1 saturated carbocycles. The van der Waals surface area contributed by atoms with E-state index in [1.807, 2.05) is 0 Å². The van der Waals surface area contributed by atoms with Crippen LogP contribution in [0.2, 0.25) is 0 Å². The Morgan fingerprint density at radius 1 is 1.26 bits per heavy atom. The zero-order valence-corrected chi connectivity index (χ0v) is 12.8. The topological polar surface area (TPSA) is 26.3 Å². The predicted octanol–water partition coefficient (Wildman–Crippen LogP) is 4.27. The lowest BCUT2D eigenvalue weighted by Crippen LogP contribution is -2.20. The molecular formula is C17H26O2. The highest BCUT2D eigenvalue weighted by Crippen LogP contribution is 2.48. The van der Waals surface area contributed by atoms with Gasteiger partial charge in [0.05, 0.1) is 0 Å². The normalized spacial score (nSPS) is 34.4. The summed E-state index contributed by atoms with van der Waals surface area (Å²) in [7, 11) is 0. The van der Waals surface area contributed by atoms with Crippen molar-refractivity contribution in [2.45, 2.75) is 60.0 Å². The molecule has 2 aliphatic rings. The Bertz CT molecular complexity index is 427. The van der Waals surface area contributed by atoms with Crippen LogP contribution in [0.4, 0.5) is 0 Å². The van der Waals surface area contributed by atoms with Crippen molar-refractivity contribution in [3.63, 3.8) is 0 Å². The molecule has 0 radical (unpaired) electrons. The van der Waals surface area contributed by atoms with Crippen LogP contribution in [0.25, 0.3) is 0 Å². The summed E-state index contributed by atoms with van der Waals surface area (Å²) in [6.07, 6.45) is 5.57. The largest absolute Gasteiger partial charge is 0.458 e. The molecule has 2 aliphatic carbocycles. The first-order valence-electron chi connectivity index (χ1n) is 7.39. The number of carbonyl (C=O) groups is 1. The Morgan fingerprint density at radius 3 is 2.53 bits per heavy atom. The van der Waals surface area contributed by atoms with Crippen LogP contribution in [0.15, 0.2) is 22.8 Å². The van der Waals surface area contributed by atoms with Crippen LogP contribution in [0.5, 0.6) is 0 Å². The van der Waals surface area contributed by atoms with Crippen molar-refractivity contribution in [2.75, 3.05) is 0 Å². The summed E-state index contributed by atoms with van der Waals surface area (Å²) in [5, 5.41) is 0. The molecule has 0 N–H and O–H groups in total. The summed E-state index contributed by atoms with van der Waals surface area (Å²) in [6.45, 7) is 10.5. The molecule has 0 heterocycles. The van der Waals surface area contributed by atoms with E-state index in [4.69, 9.17) is 4.74 Å². The Labute approximate surface area is 116 Å². The van der Waals surface area contributed by atoms with Gasteiger partial charge in [-0.3, -0.25) is 4.79 Å². The molecule has 0 saturated heterocycles. The molecule has 0 spiro atoms. The van der Waals surface area contributed by atoms with Gasteiger partial charge in [-0.1, -0.05) is 23.6 Å². The smallest absolute Gasteiger partial charge is 0.303 e. The number of allylic oxidation sites excluding steroid dienone is 3. The fraction of sp³-hybridized carbons (Fsp3) is 0.706. The number of carbonyl (C=O) groups excluding carboxylic acids is 1. The Kier molecular flexibility index (Phi) is 4.17. The third-order valence-electron chi connectivity index (χ3n) is 4.86. The maximum Gasteiger partial charge on any atom is 0.303 e. The summed E-state index contributed by atoms with van der Waals surface area (Å²) in [5.41, 5.74) is 4.54. The molecule has 0 aromatic rings. The summed E-state index contributed by atoms with van der Waals surface area (Å²) in [4.78, 5) is 11.2. The SMILES string of the molecule is CC(=O)O[C@@H]1C=C(C)[C@@H]2CC(=C(C)C)C[C@H]2[C@@H](C)C1. The van der Waals surface area contributed by atoms with Crippen molar-refractivity contribution in [1.29, 1.82) is 0 Å². The quantitative estimate of drug-likeness (QED) is 0.521. The van der Waals surface area contributed by atoms with Gasteiger partial charge in [0.2, 0.25) is 0 Å². The summed E-state index contributed by atoms with van der Waals surface area (Å²) >= 11 is 0. The number of fused-ring (bicyclic) bond motifs is 1. The molecule has 2 rings (SSSR count). The minimum atomic E-state index is -0.168. The monoisotopic (exact) mass is 262 g/mol. The number of hydrogen-bond acceptors (Lipinski definition) is 2. The molecule has 0 amide bonds. The molecular weight excluding hydrogens is 236 g/mol. The fourth-order valence-corrected chi connectivity index (χ4v) is 3.75. The van der Waals surface area contributed by atoms with Gasteiger partial charge in [0.25, 0.3) is 0 Å². The first-order valence-corrected chi connectivity index (χ1v) is 7.39. The van der Waals surface area contributed by atoms with Crippen LogP contribution >= 0.6 is 0 Å². The number of esters is 1. The van der Waals surface area contributed by atoms with E-state index >= 15 is 0 Å². The molecule has 0 aliphatic heterocycles. The maximum absolute atomic E-state index is 11.2. The first-order chi connectivity index (χ1) is 8.88. The average molecular weight is 262 g/mol. The molecule has 0 bridgehead atoms. The van der Waals surface area contributed by atoms with E-state index in [-0.39, 0.29) is 12.1 Å². The van der Waals surface area contributed by atoms with Crippen molar-refractivity contribution in [2.24, 2.45) is 17.8 Å². The standard InChI is InChI=1S/C17H26O2/c1-10(2)14-8-16-11(3)6-15(19-13(5)18)7-12(4)17(16)9-14/h6,12,15-17H,7-9H2,1-5H3/t12-,15+,16-,17-/m0/s1. The fourth-order valence-electron chi connectivity index (χ4n) is 3.75. The van der Waals surface area contributed by atoms with Crippen LogP contribution in [0.1, 0.15) is 53.9 Å². The zero-order chi connectivity index (χ0) is 14.2. The van der Waals surface area contributed by atoms with E-state index in [1.54, 1.807) is 5.57 Å². The average Bonchev–Trinajstić information content (AvgIpc) is 2.68. The molecule has 2 heteroatoms. The molecule has 0 aromatic heterocycles. The second-order valence-corrected chi connectivity index (χ2v) is 6.55. The lowest BCUT2D eigenvalue weighted by Gasteiger charge is -2.24. The van der Waals surface area contributed by atoms with Gasteiger partial charge < -0.3 is 4.74 Å². The van der Waals surface area contributed by atoms with Crippen LogP contribution in [0, 0.1) is 17.8 Å². The van der Waals surface area contributed by atoms with E-state index in [1.165, 1.54) is 30.9 Å². The van der Waals surface area contributed by atoms with Crippen molar-refractivity contribution < 1.29 is 9.53 Å². The lowest BCUT2D eigenvalue weighted by atomic mass is 9.82. The molecule has 4 atom stereocenters.